The largest absolute Gasteiger partial charge is 0.382 e. The zero-order valence-corrected chi connectivity index (χ0v) is 22.2. The molecular weight excluding hydrogens is 502 g/mol. The fourth-order valence-corrected chi connectivity index (χ4v) is 5.63. The van der Waals surface area contributed by atoms with Gasteiger partial charge in [0.2, 0.25) is 0 Å². The summed E-state index contributed by atoms with van der Waals surface area (Å²) >= 11 is 0. The summed E-state index contributed by atoms with van der Waals surface area (Å²) < 4.78 is 3.34. The number of aromatic nitrogens is 4. The van der Waals surface area contributed by atoms with E-state index in [2.05, 4.69) is 27.4 Å². The summed E-state index contributed by atoms with van der Waals surface area (Å²) in [6, 6.07) is 20.1. The smallest absolute Gasteiger partial charge is 0.335 e. The third-order valence-electron chi connectivity index (χ3n) is 7.91. The van der Waals surface area contributed by atoms with Gasteiger partial charge in [-0.2, -0.15) is 5.26 Å². The lowest BCUT2D eigenvalue weighted by molar-refractivity contribution is -0.118. The van der Waals surface area contributed by atoms with Gasteiger partial charge in [0, 0.05) is 12.1 Å². The van der Waals surface area contributed by atoms with Gasteiger partial charge in [-0.1, -0.05) is 48.5 Å². The summed E-state index contributed by atoms with van der Waals surface area (Å²) in [6.07, 6.45) is 8.84. The lowest BCUT2D eigenvalue weighted by atomic mass is 9.90. The summed E-state index contributed by atoms with van der Waals surface area (Å²) in [5.41, 5.74) is 10.4. The number of hydrogen-bond acceptors (Lipinski definition) is 6. The summed E-state index contributed by atoms with van der Waals surface area (Å²) in [4.78, 5) is 35.2. The van der Waals surface area contributed by atoms with Crippen LogP contribution in [0.25, 0.3) is 16.9 Å². The lowest BCUT2D eigenvalue weighted by Crippen LogP contribution is -2.39. The molecule has 9 nitrogen and oxygen atoms in total. The van der Waals surface area contributed by atoms with Crippen molar-refractivity contribution in [2.24, 2.45) is 5.92 Å². The van der Waals surface area contributed by atoms with Crippen LogP contribution in [-0.2, 0) is 11.2 Å². The van der Waals surface area contributed by atoms with Crippen molar-refractivity contribution in [1.29, 1.82) is 5.26 Å². The van der Waals surface area contributed by atoms with E-state index in [1.807, 2.05) is 48.5 Å². The molecule has 0 spiro atoms. The summed E-state index contributed by atoms with van der Waals surface area (Å²) in [6.45, 7) is 0. The number of nitrogens with two attached hydrogens (primary N) is 1. The number of anilines is 1. The summed E-state index contributed by atoms with van der Waals surface area (Å²) in [5.74, 6) is 0.305. The molecule has 202 valence electrons. The first kappa shape index (κ1) is 25.6. The van der Waals surface area contributed by atoms with E-state index in [1.54, 1.807) is 15.2 Å². The topological polar surface area (TPSA) is 132 Å². The first-order chi connectivity index (χ1) is 19.5. The number of nitriles is 1. The molecule has 2 aromatic carbocycles. The predicted octanol–water partition coefficient (Wildman–Crippen LogP) is 4.22. The average molecular weight is 534 g/mol. The van der Waals surface area contributed by atoms with E-state index in [-0.39, 0.29) is 35.1 Å². The van der Waals surface area contributed by atoms with E-state index in [0.717, 1.165) is 24.8 Å². The van der Waals surface area contributed by atoms with Gasteiger partial charge in [0.15, 0.2) is 11.5 Å². The molecule has 6 rings (SSSR count). The van der Waals surface area contributed by atoms with E-state index >= 15 is 0 Å². The number of hydrogen-bond donors (Lipinski definition) is 2. The highest BCUT2D eigenvalue weighted by atomic mass is 16.2. The average Bonchev–Trinajstić information content (AvgIpc) is 3.74. The Hall–Kier alpha value is -4.71. The van der Waals surface area contributed by atoms with E-state index < -0.39 is 0 Å². The molecule has 1 amide bonds. The highest BCUT2D eigenvalue weighted by Gasteiger charge is 2.30. The maximum Gasteiger partial charge on any atom is 0.335 e. The van der Waals surface area contributed by atoms with Crippen LogP contribution in [0.4, 0.5) is 5.82 Å². The minimum Gasteiger partial charge on any atom is -0.382 e. The molecule has 3 N–H and O–H groups in total. The standard InChI is InChI=1S/C31H31N7O2/c32-18-23(17-22-6-7-22)30(39)36-24-10-14-26(15-11-24)38-29-27(28(33)34-19-35-29)37(31(38)40)25-12-8-21(9-13-25)16-20-4-2-1-3-5-20/h1-5,8-9,12-13,17,19,22,24,26H,6-7,10-11,14-16H2,(H,36,39)(H2,33,34,35)/b23-17+/t24-,26+. The number of rotatable bonds is 7. The Balaban J connectivity index is 1.23. The molecule has 0 radical (unpaired) electrons. The third-order valence-corrected chi connectivity index (χ3v) is 7.91. The second-order valence-electron chi connectivity index (χ2n) is 10.8. The number of nitrogens with one attached hydrogen (secondary N) is 1. The molecule has 9 heteroatoms. The molecule has 0 bridgehead atoms. The Kier molecular flexibility index (Phi) is 6.91. The van der Waals surface area contributed by atoms with Crippen LogP contribution >= 0.6 is 0 Å². The molecule has 0 atom stereocenters. The minimum absolute atomic E-state index is 0.0411. The molecule has 4 aromatic rings. The fourth-order valence-electron chi connectivity index (χ4n) is 5.63. The highest BCUT2D eigenvalue weighted by molar-refractivity contribution is 5.97. The molecule has 2 saturated carbocycles. The van der Waals surface area contributed by atoms with Gasteiger partial charge in [-0.05, 0) is 74.1 Å². The van der Waals surface area contributed by atoms with Crippen molar-refractivity contribution in [3.8, 4) is 11.8 Å². The van der Waals surface area contributed by atoms with Crippen LogP contribution < -0.4 is 16.7 Å². The monoisotopic (exact) mass is 533 g/mol. The van der Waals surface area contributed by atoms with Crippen molar-refractivity contribution >= 4 is 22.9 Å². The van der Waals surface area contributed by atoms with Gasteiger partial charge in [0.25, 0.3) is 5.91 Å². The molecular formula is C31H31N7O2. The van der Waals surface area contributed by atoms with E-state index in [1.165, 1.54) is 11.9 Å². The van der Waals surface area contributed by atoms with Crippen molar-refractivity contribution in [1.82, 2.24) is 24.4 Å². The number of imidazole rings is 1. The van der Waals surface area contributed by atoms with Gasteiger partial charge < -0.3 is 11.1 Å². The number of carbonyl (C=O) groups excluding carboxylic acids is 1. The predicted molar refractivity (Wildman–Crippen MR) is 153 cm³/mol. The Morgan fingerprint density at radius 2 is 1.70 bits per heavy atom. The zero-order valence-electron chi connectivity index (χ0n) is 22.2. The quantitative estimate of drug-likeness (QED) is 0.270. The van der Waals surface area contributed by atoms with E-state index in [0.29, 0.717) is 48.5 Å². The van der Waals surface area contributed by atoms with Crippen LogP contribution in [0.15, 0.2) is 77.4 Å². The maximum absolute atomic E-state index is 13.9. The van der Waals surface area contributed by atoms with Gasteiger partial charge in [-0.3, -0.25) is 13.9 Å². The second-order valence-corrected chi connectivity index (χ2v) is 10.8. The molecule has 2 heterocycles. The first-order valence-corrected chi connectivity index (χ1v) is 13.8. The number of amides is 1. The second kappa shape index (κ2) is 10.8. The Morgan fingerprint density at radius 1 is 1.00 bits per heavy atom. The van der Waals surface area contributed by atoms with Crippen LogP contribution in [0, 0.1) is 17.2 Å². The number of nitrogen functional groups attached to an aromatic ring is 1. The molecule has 2 aliphatic carbocycles. The van der Waals surface area contributed by atoms with Crippen LogP contribution in [0.2, 0.25) is 0 Å². The van der Waals surface area contributed by atoms with Crippen LogP contribution in [0.5, 0.6) is 0 Å². The summed E-state index contributed by atoms with van der Waals surface area (Å²) in [7, 11) is 0. The number of benzene rings is 2. The van der Waals surface area contributed by atoms with Crippen molar-refractivity contribution in [2.75, 3.05) is 5.73 Å². The molecule has 2 aromatic heterocycles. The van der Waals surface area contributed by atoms with Crippen LogP contribution in [-0.4, -0.2) is 31.1 Å². The normalized spacial score (nSPS) is 19.3. The van der Waals surface area contributed by atoms with Crippen molar-refractivity contribution in [2.45, 2.75) is 57.0 Å². The number of carbonyl (C=O) groups is 1. The van der Waals surface area contributed by atoms with Crippen LogP contribution in [0.3, 0.4) is 0 Å². The minimum atomic E-state index is -0.303. The molecule has 0 saturated heterocycles. The lowest BCUT2D eigenvalue weighted by Gasteiger charge is -2.29. The van der Waals surface area contributed by atoms with Gasteiger partial charge in [-0.25, -0.2) is 14.8 Å². The molecule has 0 unspecified atom stereocenters. The van der Waals surface area contributed by atoms with Gasteiger partial charge >= 0.3 is 5.69 Å². The van der Waals surface area contributed by atoms with E-state index in [4.69, 9.17) is 5.73 Å². The Bertz CT molecular complexity index is 1670. The molecule has 2 fully saturated rings. The summed E-state index contributed by atoms with van der Waals surface area (Å²) in [5, 5.41) is 12.4. The SMILES string of the molecule is N#C/C(=C\C1CC1)C(=O)N[C@H]1CC[C@@H](n2c(=O)n(-c3ccc(Cc4ccccc4)cc3)c3c(N)ncnc32)CC1. The Morgan fingerprint density at radius 3 is 2.38 bits per heavy atom. The number of nitrogens with zero attached hydrogens (tertiary/aromatic N) is 5. The van der Waals surface area contributed by atoms with Crippen molar-refractivity contribution in [3.05, 3.63) is 94.2 Å². The van der Waals surface area contributed by atoms with Crippen LogP contribution in [0.1, 0.15) is 55.7 Å². The molecule has 2 aliphatic rings. The number of fused-ring (bicyclic) bond motifs is 1. The van der Waals surface area contributed by atoms with Gasteiger partial charge in [-0.15, -0.1) is 0 Å². The third kappa shape index (κ3) is 5.13. The van der Waals surface area contributed by atoms with Crippen molar-refractivity contribution in [3.63, 3.8) is 0 Å². The van der Waals surface area contributed by atoms with E-state index in [9.17, 15) is 14.9 Å². The highest BCUT2D eigenvalue weighted by Crippen LogP contribution is 2.33. The molecule has 40 heavy (non-hydrogen) atoms. The number of allylic oxidation sites excluding steroid dienone is 1. The van der Waals surface area contributed by atoms with Crippen molar-refractivity contribution < 1.29 is 4.79 Å². The maximum atomic E-state index is 13.9. The van der Waals surface area contributed by atoms with Gasteiger partial charge in [0.1, 0.15) is 23.5 Å². The zero-order chi connectivity index (χ0) is 27.6. The first-order valence-electron chi connectivity index (χ1n) is 13.8. The fraction of sp³-hybridized carbons (Fsp3) is 0.323. The molecule has 0 aliphatic heterocycles. The Labute approximate surface area is 232 Å². The van der Waals surface area contributed by atoms with Gasteiger partial charge in [0.05, 0.1) is 5.69 Å².